The Labute approximate surface area is 149 Å². The molecule has 1 aliphatic rings. The second-order valence-electron chi connectivity index (χ2n) is 7.04. The number of carbonyl (C=O) groups excluding carboxylic acids is 2. The molecule has 1 aliphatic heterocycles. The SMILES string of the molecule is CC(C)(C)OC(=O)N1CCCCc2ccccc2OCC(=O)OCC1. The molecule has 0 saturated carbocycles. The van der Waals surface area contributed by atoms with Gasteiger partial charge in [-0.1, -0.05) is 18.2 Å². The highest BCUT2D eigenvalue weighted by atomic mass is 16.6. The fraction of sp³-hybridized carbons (Fsp3) is 0.579. The maximum Gasteiger partial charge on any atom is 0.410 e. The maximum absolute atomic E-state index is 12.3. The summed E-state index contributed by atoms with van der Waals surface area (Å²) in [7, 11) is 0. The molecule has 0 N–H and O–H groups in total. The molecule has 0 atom stereocenters. The van der Waals surface area contributed by atoms with E-state index in [0.29, 0.717) is 18.8 Å². The number of para-hydroxylation sites is 1. The normalized spacial score (nSPS) is 17.1. The zero-order valence-electron chi connectivity index (χ0n) is 15.2. The van der Waals surface area contributed by atoms with E-state index in [1.54, 1.807) is 4.90 Å². The van der Waals surface area contributed by atoms with Crippen molar-refractivity contribution in [1.29, 1.82) is 0 Å². The third kappa shape index (κ3) is 6.64. The van der Waals surface area contributed by atoms with E-state index in [1.807, 2.05) is 45.0 Å². The number of esters is 1. The molecule has 0 fully saturated rings. The van der Waals surface area contributed by atoms with Crippen molar-refractivity contribution in [2.45, 2.75) is 45.6 Å². The number of carbonyl (C=O) groups is 2. The lowest BCUT2D eigenvalue weighted by molar-refractivity contribution is -0.146. The number of aryl methyl sites for hydroxylation is 1. The first kappa shape index (κ1) is 19.1. The van der Waals surface area contributed by atoms with Crippen molar-refractivity contribution in [3.63, 3.8) is 0 Å². The number of hydrogen-bond donors (Lipinski definition) is 0. The van der Waals surface area contributed by atoms with Crippen LogP contribution in [0.4, 0.5) is 4.79 Å². The van der Waals surface area contributed by atoms with Crippen molar-refractivity contribution < 1.29 is 23.8 Å². The van der Waals surface area contributed by atoms with E-state index >= 15 is 0 Å². The molecule has 0 unspecified atom stereocenters. The summed E-state index contributed by atoms with van der Waals surface area (Å²) >= 11 is 0. The van der Waals surface area contributed by atoms with Crippen LogP contribution in [0.5, 0.6) is 5.75 Å². The Morgan fingerprint density at radius 2 is 1.88 bits per heavy atom. The average molecular weight is 349 g/mol. The molecule has 0 saturated heterocycles. The average Bonchev–Trinajstić information content (AvgIpc) is 2.55. The standard InChI is InChI=1S/C19H27NO5/c1-19(2,3)25-18(22)20-11-7-6-9-15-8-4-5-10-16(15)24-14-17(21)23-13-12-20/h4-5,8,10H,6-7,9,11-14H2,1-3H3. The van der Waals surface area contributed by atoms with Gasteiger partial charge in [0.15, 0.2) is 6.61 Å². The molecule has 1 aromatic rings. The van der Waals surface area contributed by atoms with Gasteiger partial charge in [0.05, 0.1) is 6.54 Å². The van der Waals surface area contributed by atoms with Crippen molar-refractivity contribution in [3.8, 4) is 5.75 Å². The summed E-state index contributed by atoms with van der Waals surface area (Å²) in [6.45, 7) is 6.37. The first-order valence-corrected chi connectivity index (χ1v) is 8.69. The van der Waals surface area contributed by atoms with Crippen molar-refractivity contribution >= 4 is 12.1 Å². The predicted molar refractivity (Wildman–Crippen MR) is 93.6 cm³/mol. The number of cyclic esters (lactones) is 1. The molecule has 1 heterocycles. The van der Waals surface area contributed by atoms with Crippen LogP contribution in [-0.4, -0.2) is 48.9 Å². The highest BCUT2D eigenvalue weighted by molar-refractivity contribution is 5.71. The number of rotatable bonds is 0. The molecule has 0 radical (unpaired) electrons. The minimum atomic E-state index is -0.554. The molecule has 138 valence electrons. The van der Waals surface area contributed by atoms with Gasteiger partial charge in [-0.15, -0.1) is 0 Å². The largest absolute Gasteiger partial charge is 0.482 e. The zero-order chi connectivity index (χ0) is 18.3. The number of amides is 1. The maximum atomic E-state index is 12.3. The van der Waals surface area contributed by atoms with Crippen molar-refractivity contribution in [1.82, 2.24) is 4.90 Å². The van der Waals surface area contributed by atoms with E-state index in [4.69, 9.17) is 14.2 Å². The number of fused-ring (bicyclic) bond motifs is 1. The van der Waals surface area contributed by atoms with Gasteiger partial charge in [0.2, 0.25) is 0 Å². The van der Waals surface area contributed by atoms with Crippen molar-refractivity contribution in [3.05, 3.63) is 29.8 Å². The molecule has 0 spiro atoms. The summed E-state index contributed by atoms with van der Waals surface area (Å²) in [6.07, 6.45) is 2.19. The number of nitrogens with zero attached hydrogens (tertiary/aromatic N) is 1. The molecule has 0 bridgehead atoms. The number of benzene rings is 1. The van der Waals surface area contributed by atoms with E-state index in [2.05, 4.69) is 0 Å². The molecule has 25 heavy (non-hydrogen) atoms. The smallest absolute Gasteiger partial charge is 0.410 e. The first-order valence-electron chi connectivity index (χ1n) is 8.69. The molecular formula is C19H27NO5. The Morgan fingerprint density at radius 1 is 1.12 bits per heavy atom. The van der Waals surface area contributed by atoms with Gasteiger partial charge in [0, 0.05) is 6.54 Å². The van der Waals surface area contributed by atoms with Crippen LogP contribution in [0.2, 0.25) is 0 Å². The topological polar surface area (TPSA) is 65.1 Å². The lowest BCUT2D eigenvalue weighted by Crippen LogP contribution is -2.39. The molecule has 6 nitrogen and oxygen atoms in total. The third-order valence-corrected chi connectivity index (χ3v) is 3.72. The van der Waals surface area contributed by atoms with Gasteiger partial charge >= 0.3 is 12.1 Å². The van der Waals surface area contributed by atoms with Crippen LogP contribution in [0.25, 0.3) is 0 Å². The van der Waals surface area contributed by atoms with Crippen LogP contribution in [-0.2, 0) is 20.7 Å². The quantitative estimate of drug-likeness (QED) is 0.673. The Bertz CT molecular complexity index is 594. The summed E-state index contributed by atoms with van der Waals surface area (Å²) in [4.78, 5) is 25.7. The molecule has 0 aliphatic carbocycles. The fourth-order valence-corrected chi connectivity index (χ4v) is 2.54. The minimum absolute atomic E-state index is 0.128. The van der Waals surface area contributed by atoms with E-state index in [0.717, 1.165) is 24.8 Å². The van der Waals surface area contributed by atoms with Gasteiger partial charge in [-0.25, -0.2) is 9.59 Å². The van der Waals surface area contributed by atoms with Gasteiger partial charge in [-0.3, -0.25) is 0 Å². The van der Waals surface area contributed by atoms with Crippen molar-refractivity contribution in [2.75, 3.05) is 26.3 Å². The minimum Gasteiger partial charge on any atom is -0.482 e. The zero-order valence-corrected chi connectivity index (χ0v) is 15.2. The van der Waals surface area contributed by atoms with Crippen LogP contribution in [0, 0.1) is 0 Å². The second-order valence-corrected chi connectivity index (χ2v) is 7.04. The van der Waals surface area contributed by atoms with Crippen LogP contribution in [0.3, 0.4) is 0 Å². The Kier molecular flexibility index (Phi) is 6.67. The Balaban J connectivity index is 2.03. The molecule has 1 amide bonds. The van der Waals surface area contributed by atoms with Gasteiger partial charge in [0.1, 0.15) is 18.0 Å². The van der Waals surface area contributed by atoms with Crippen LogP contribution >= 0.6 is 0 Å². The summed E-state index contributed by atoms with van der Waals surface area (Å²) in [5.41, 5.74) is 0.500. The first-order chi connectivity index (χ1) is 11.8. The van der Waals surface area contributed by atoms with E-state index < -0.39 is 11.6 Å². The molecule has 0 aromatic heterocycles. The lowest BCUT2D eigenvalue weighted by Gasteiger charge is -2.27. The number of hydrogen-bond acceptors (Lipinski definition) is 5. The molecule has 1 aromatic carbocycles. The van der Waals surface area contributed by atoms with Gasteiger partial charge in [0.25, 0.3) is 0 Å². The van der Waals surface area contributed by atoms with Gasteiger partial charge in [-0.05, 0) is 51.7 Å². The molecular weight excluding hydrogens is 322 g/mol. The monoisotopic (exact) mass is 349 g/mol. The summed E-state index contributed by atoms with van der Waals surface area (Å²) in [6, 6.07) is 7.68. The highest BCUT2D eigenvalue weighted by Gasteiger charge is 2.22. The second kappa shape index (κ2) is 8.74. The van der Waals surface area contributed by atoms with E-state index in [9.17, 15) is 9.59 Å². The summed E-state index contributed by atoms with van der Waals surface area (Å²) in [5, 5.41) is 0. The number of ether oxygens (including phenoxy) is 3. The molecule has 6 heteroatoms. The fourth-order valence-electron chi connectivity index (χ4n) is 2.54. The Hall–Kier alpha value is -2.24. The molecule has 2 rings (SSSR count). The van der Waals surface area contributed by atoms with Gasteiger partial charge < -0.3 is 19.1 Å². The van der Waals surface area contributed by atoms with Crippen LogP contribution in [0.15, 0.2) is 24.3 Å². The predicted octanol–water partition coefficient (Wildman–Crippen LogP) is 3.18. The summed E-state index contributed by atoms with van der Waals surface area (Å²) in [5.74, 6) is 0.265. The van der Waals surface area contributed by atoms with Gasteiger partial charge in [-0.2, -0.15) is 0 Å². The van der Waals surface area contributed by atoms with Crippen molar-refractivity contribution in [2.24, 2.45) is 0 Å². The summed E-state index contributed by atoms with van der Waals surface area (Å²) < 4.78 is 16.2. The third-order valence-electron chi connectivity index (χ3n) is 3.72. The van der Waals surface area contributed by atoms with Crippen LogP contribution < -0.4 is 4.74 Å². The Morgan fingerprint density at radius 3 is 2.64 bits per heavy atom. The van der Waals surface area contributed by atoms with E-state index in [1.165, 1.54) is 0 Å². The highest BCUT2D eigenvalue weighted by Crippen LogP contribution is 2.20. The lowest BCUT2D eigenvalue weighted by atomic mass is 10.1. The van der Waals surface area contributed by atoms with Crippen LogP contribution in [0.1, 0.15) is 39.2 Å². The van der Waals surface area contributed by atoms with E-state index in [-0.39, 0.29) is 19.3 Å².